The minimum atomic E-state index is -0.906. The van der Waals surface area contributed by atoms with Gasteiger partial charge in [0.1, 0.15) is 0 Å². The first-order chi connectivity index (χ1) is 14.6. The second-order valence-electron chi connectivity index (χ2n) is 8.13. The molecule has 0 N–H and O–H groups in total. The highest BCUT2D eigenvalue weighted by Crippen LogP contribution is 2.32. The highest BCUT2D eigenvalue weighted by atomic mass is 19.2. The molecule has 1 nitrogen and oxygen atoms in total. The average Bonchev–Trinajstić information content (AvgIpc) is 2.75. The molecule has 160 valence electrons. The molecule has 0 atom stereocenters. The Morgan fingerprint density at radius 3 is 2.13 bits per heavy atom. The van der Waals surface area contributed by atoms with Gasteiger partial charge in [-0.3, -0.25) is 0 Å². The maximum Gasteiger partial charge on any atom is 0.201 e. The molecule has 3 rings (SSSR count). The van der Waals surface area contributed by atoms with Crippen molar-refractivity contribution < 1.29 is 13.5 Å². The van der Waals surface area contributed by atoms with Crippen molar-refractivity contribution in [3.8, 4) is 16.9 Å². The first kappa shape index (κ1) is 22.3. The molecule has 0 bridgehead atoms. The van der Waals surface area contributed by atoms with Crippen LogP contribution in [0.4, 0.5) is 8.78 Å². The number of benzene rings is 3. The van der Waals surface area contributed by atoms with Crippen molar-refractivity contribution in [3.05, 3.63) is 65.7 Å². The van der Waals surface area contributed by atoms with Crippen molar-refractivity contribution in [1.82, 2.24) is 0 Å². The summed E-state index contributed by atoms with van der Waals surface area (Å²) in [6, 6.07) is 14.9. The fourth-order valence-electron chi connectivity index (χ4n) is 3.82. The Kier molecular flexibility index (Phi) is 8.24. The van der Waals surface area contributed by atoms with Crippen LogP contribution in [0.2, 0.25) is 0 Å². The van der Waals surface area contributed by atoms with E-state index in [1.807, 2.05) is 37.3 Å². The Balaban J connectivity index is 1.57. The van der Waals surface area contributed by atoms with Crippen LogP contribution in [0.15, 0.2) is 48.5 Å². The molecule has 0 aliphatic heterocycles. The molecule has 0 fully saturated rings. The van der Waals surface area contributed by atoms with Gasteiger partial charge in [-0.15, -0.1) is 0 Å². The Hall–Kier alpha value is -2.42. The zero-order chi connectivity index (χ0) is 21.3. The summed E-state index contributed by atoms with van der Waals surface area (Å²) in [6.45, 7) is 4.67. The van der Waals surface area contributed by atoms with Crippen molar-refractivity contribution in [2.24, 2.45) is 0 Å². The second-order valence-corrected chi connectivity index (χ2v) is 8.13. The van der Waals surface area contributed by atoms with Crippen molar-refractivity contribution in [1.29, 1.82) is 0 Å². The molecule has 0 saturated heterocycles. The molecule has 3 heteroatoms. The standard InChI is InChI=1S/C27H32F2O/c1-3-4-5-6-7-8-9-10-17-30-25-16-15-24(26(28)27(25)29)23-14-13-21-18-20(2)11-12-22(21)19-23/h11-16,18-19H,3-10,17H2,1-2H3. The van der Waals surface area contributed by atoms with Gasteiger partial charge >= 0.3 is 0 Å². The molecule has 0 radical (unpaired) electrons. The van der Waals surface area contributed by atoms with Crippen molar-refractivity contribution >= 4 is 10.8 Å². The summed E-state index contributed by atoms with van der Waals surface area (Å²) in [5.74, 6) is -1.76. The predicted octanol–water partition coefficient (Wildman–Crippen LogP) is 8.61. The molecule has 0 saturated carbocycles. The largest absolute Gasteiger partial charge is 0.490 e. The van der Waals surface area contributed by atoms with Crippen LogP contribution in [0.1, 0.15) is 63.9 Å². The highest BCUT2D eigenvalue weighted by Gasteiger charge is 2.16. The fraction of sp³-hybridized carbons (Fsp3) is 0.407. The molecule has 3 aromatic rings. The topological polar surface area (TPSA) is 9.23 Å². The zero-order valence-corrected chi connectivity index (χ0v) is 18.1. The van der Waals surface area contributed by atoms with Crippen LogP contribution < -0.4 is 4.74 Å². The Bertz CT molecular complexity index is 964. The monoisotopic (exact) mass is 410 g/mol. The molecular formula is C27H32F2O. The van der Waals surface area contributed by atoms with Crippen molar-refractivity contribution in [2.75, 3.05) is 6.61 Å². The number of halogens is 2. The molecule has 0 aromatic heterocycles. The predicted molar refractivity (Wildman–Crippen MR) is 122 cm³/mol. The molecule has 0 unspecified atom stereocenters. The first-order valence-electron chi connectivity index (χ1n) is 11.2. The van der Waals surface area contributed by atoms with Gasteiger partial charge in [-0.1, -0.05) is 87.8 Å². The van der Waals surface area contributed by atoms with Gasteiger partial charge in [-0.2, -0.15) is 4.39 Å². The van der Waals surface area contributed by atoms with E-state index in [1.165, 1.54) is 50.2 Å². The van der Waals surface area contributed by atoms with Gasteiger partial charge in [-0.05, 0) is 47.9 Å². The van der Waals surface area contributed by atoms with Gasteiger partial charge in [0.25, 0.3) is 0 Å². The second kappa shape index (κ2) is 11.1. The minimum Gasteiger partial charge on any atom is -0.490 e. The van der Waals surface area contributed by atoms with E-state index in [1.54, 1.807) is 6.07 Å². The average molecular weight is 411 g/mol. The third kappa shape index (κ3) is 5.81. The normalized spacial score (nSPS) is 11.2. The lowest BCUT2D eigenvalue weighted by molar-refractivity contribution is 0.285. The van der Waals surface area contributed by atoms with Crippen LogP contribution >= 0.6 is 0 Å². The van der Waals surface area contributed by atoms with E-state index < -0.39 is 11.6 Å². The molecule has 3 aromatic carbocycles. The van der Waals surface area contributed by atoms with E-state index in [0.29, 0.717) is 12.2 Å². The third-order valence-corrected chi connectivity index (χ3v) is 5.61. The van der Waals surface area contributed by atoms with Gasteiger partial charge in [0, 0.05) is 5.56 Å². The Morgan fingerprint density at radius 1 is 0.700 bits per heavy atom. The first-order valence-corrected chi connectivity index (χ1v) is 11.2. The number of rotatable bonds is 11. The molecule has 30 heavy (non-hydrogen) atoms. The smallest absolute Gasteiger partial charge is 0.201 e. The number of hydrogen-bond acceptors (Lipinski definition) is 1. The van der Waals surface area contributed by atoms with Gasteiger partial charge in [0.2, 0.25) is 5.82 Å². The zero-order valence-electron chi connectivity index (χ0n) is 18.1. The van der Waals surface area contributed by atoms with E-state index in [2.05, 4.69) is 13.0 Å². The van der Waals surface area contributed by atoms with E-state index in [0.717, 1.165) is 23.6 Å². The molecule has 0 spiro atoms. The molecular weight excluding hydrogens is 378 g/mol. The lowest BCUT2D eigenvalue weighted by Crippen LogP contribution is -2.01. The quantitative estimate of drug-likeness (QED) is 0.287. The van der Waals surface area contributed by atoms with E-state index in [9.17, 15) is 8.78 Å². The Morgan fingerprint density at radius 2 is 1.37 bits per heavy atom. The summed E-state index contributed by atoms with van der Waals surface area (Å²) in [6.07, 6.45) is 9.49. The number of unbranched alkanes of at least 4 members (excludes halogenated alkanes) is 7. The summed E-state index contributed by atoms with van der Waals surface area (Å²) in [4.78, 5) is 0. The molecule has 0 amide bonds. The number of hydrogen-bond donors (Lipinski definition) is 0. The van der Waals surface area contributed by atoms with Crippen molar-refractivity contribution in [2.45, 2.75) is 65.2 Å². The molecule has 0 aliphatic rings. The SMILES string of the molecule is CCCCCCCCCCOc1ccc(-c2ccc3cc(C)ccc3c2)c(F)c1F. The maximum atomic E-state index is 14.7. The maximum absolute atomic E-state index is 14.7. The van der Waals surface area contributed by atoms with Gasteiger partial charge in [-0.25, -0.2) is 4.39 Å². The summed E-state index contributed by atoms with van der Waals surface area (Å²) in [5, 5.41) is 2.10. The summed E-state index contributed by atoms with van der Waals surface area (Å²) in [7, 11) is 0. The van der Waals surface area contributed by atoms with Gasteiger partial charge < -0.3 is 4.74 Å². The van der Waals surface area contributed by atoms with Crippen LogP contribution in [0, 0.1) is 18.6 Å². The number of ether oxygens (including phenoxy) is 1. The third-order valence-electron chi connectivity index (χ3n) is 5.61. The lowest BCUT2D eigenvalue weighted by atomic mass is 9.99. The van der Waals surface area contributed by atoms with Crippen LogP contribution in [0.3, 0.4) is 0 Å². The van der Waals surface area contributed by atoms with Crippen molar-refractivity contribution in [3.63, 3.8) is 0 Å². The fourth-order valence-corrected chi connectivity index (χ4v) is 3.82. The van der Waals surface area contributed by atoms with Crippen LogP contribution in [0.25, 0.3) is 21.9 Å². The van der Waals surface area contributed by atoms with Crippen LogP contribution in [0.5, 0.6) is 5.75 Å². The lowest BCUT2D eigenvalue weighted by Gasteiger charge is -2.11. The summed E-state index contributed by atoms with van der Waals surface area (Å²) in [5.41, 5.74) is 2.09. The van der Waals surface area contributed by atoms with E-state index in [4.69, 9.17) is 4.74 Å². The highest BCUT2D eigenvalue weighted by molar-refractivity contribution is 5.88. The summed E-state index contributed by atoms with van der Waals surface area (Å²) < 4.78 is 34.8. The van der Waals surface area contributed by atoms with Crippen LogP contribution in [-0.2, 0) is 0 Å². The van der Waals surface area contributed by atoms with E-state index in [-0.39, 0.29) is 11.3 Å². The van der Waals surface area contributed by atoms with Crippen LogP contribution in [-0.4, -0.2) is 6.61 Å². The summed E-state index contributed by atoms with van der Waals surface area (Å²) >= 11 is 0. The molecule has 0 heterocycles. The van der Waals surface area contributed by atoms with E-state index >= 15 is 0 Å². The minimum absolute atomic E-state index is 0.00407. The number of fused-ring (bicyclic) bond motifs is 1. The van der Waals surface area contributed by atoms with Gasteiger partial charge in [0.05, 0.1) is 6.61 Å². The van der Waals surface area contributed by atoms with Gasteiger partial charge in [0.15, 0.2) is 11.6 Å². The Labute approximate surface area is 179 Å². The number of aryl methyl sites for hydroxylation is 1. The molecule has 0 aliphatic carbocycles.